The molecule has 33 unspecified atom stereocenters. The predicted octanol–water partition coefficient (Wildman–Crippen LogP) is -9.22. The summed E-state index contributed by atoms with van der Waals surface area (Å²) in [6.45, 7) is 2.92. The van der Waals surface area contributed by atoms with E-state index >= 15 is 4.79 Å². The topological polar surface area (TPSA) is 532 Å². The van der Waals surface area contributed by atoms with Crippen molar-refractivity contribution in [3.63, 3.8) is 0 Å². The van der Waals surface area contributed by atoms with E-state index in [4.69, 9.17) is 56.8 Å². The van der Waals surface area contributed by atoms with Crippen LogP contribution >= 0.6 is 0 Å². The van der Waals surface area contributed by atoms with Crippen molar-refractivity contribution in [1.29, 1.82) is 0 Å². The minimum atomic E-state index is -2.08. The Labute approximate surface area is 510 Å². The average Bonchev–Trinajstić information content (AvgIpc) is 1.69. The second kappa shape index (κ2) is 29.5. The molecular weight excluding hydrogens is 1200 g/mol. The van der Waals surface area contributed by atoms with Crippen molar-refractivity contribution in [3.05, 3.63) is 12.2 Å². The number of rotatable bonds is 19. The molecule has 0 bridgehead atoms. The minimum absolute atomic E-state index is 0.148. The van der Waals surface area contributed by atoms with Crippen LogP contribution in [0.3, 0.4) is 0 Å². The van der Waals surface area contributed by atoms with Gasteiger partial charge in [-0.3, -0.25) is 4.79 Å². The monoisotopic (exact) mass is 1290 g/mol. The lowest BCUT2D eigenvalue weighted by molar-refractivity contribution is -0.394. The Balaban J connectivity index is 0.981. The third-order valence-electron chi connectivity index (χ3n) is 20.4. The highest BCUT2D eigenvalue weighted by Gasteiger charge is 2.62. The van der Waals surface area contributed by atoms with E-state index in [1.54, 1.807) is 6.92 Å². The average molecular weight is 1290 g/mol. The maximum atomic E-state index is 15.3. The molecule has 9 aliphatic rings. The van der Waals surface area contributed by atoms with Gasteiger partial charge in [-0.2, -0.15) is 0 Å². The molecule has 6 aliphatic heterocycles. The van der Waals surface area contributed by atoms with Gasteiger partial charge >= 0.3 is 5.97 Å². The number of carbonyl (C=O) groups excluding carboxylic acids is 1. The highest BCUT2D eigenvalue weighted by atomic mass is 16.8. The highest BCUT2D eigenvalue weighted by molar-refractivity contribution is 5.77. The third kappa shape index (κ3) is 13.7. The Bertz CT molecular complexity index is 2290. The molecule has 514 valence electrons. The van der Waals surface area contributed by atoms with Gasteiger partial charge in [0.15, 0.2) is 37.6 Å². The molecule has 0 aromatic carbocycles. The SMILES string of the molecule is C=C1C[C@@]2(CC)CCC3C(CCC[C@@]3(C)C(=O)OC3OC(CO)C(O)C(OC4OC(CO)C(O)C(O)C4O)C3OC3OC(CO)C(O)C(O)C3O)[C@@H]2CCC1OC1OC(CO)C(O)C(OC2OC(CO)C(O)C(O)C2O)C1OC1OC(CO)C(O)C(O)C1O. The largest absolute Gasteiger partial charge is 0.432 e. The van der Waals surface area contributed by atoms with Crippen LogP contribution in [0.5, 0.6) is 0 Å². The summed E-state index contributed by atoms with van der Waals surface area (Å²) >= 11 is 0. The van der Waals surface area contributed by atoms with E-state index in [0.29, 0.717) is 50.5 Å². The van der Waals surface area contributed by atoms with E-state index in [1.807, 2.05) is 6.92 Å². The van der Waals surface area contributed by atoms with Crippen molar-refractivity contribution < 1.29 is 164 Å². The number of aliphatic hydroxyl groups is 20. The number of fused-ring (bicyclic) bond motifs is 3. The molecular formula is C56H92O33. The molecule has 3 saturated carbocycles. The van der Waals surface area contributed by atoms with Crippen molar-refractivity contribution >= 4 is 5.97 Å². The number of carbonyl (C=O) groups is 1. The van der Waals surface area contributed by atoms with Gasteiger partial charge in [-0.25, -0.2) is 0 Å². The molecule has 6 saturated heterocycles. The summed E-state index contributed by atoms with van der Waals surface area (Å²) < 4.78 is 72.3. The van der Waals surface area contributed by atoms with Crippen LogP contribution in [0.2, 0.25) is 0 Å². The molecule has 3 aliphatic carbocycles. The van der Waals surface area contributed by atoms with Crippen LogP contribution in [0, 0.1) is 28.6 Å². The first kappa shape index (κ1) is 71.3. The summed E-state index contributed by atoms with van der Waals surface area (Å²) in [6, 6.07) is 0. The van der Waals surface area contributed by atoms with Crippen molar-refractivity contribution in [1.82, 2.24) is 0 Å². The second-order valence-electron chi connectivity index (χ2n) is 25.5. The number of hydrogen-bond acceptors (Lipinski definition) is 33. The summed E-state index contributed by atoms with van der Waals surface area (Å²) in [7, 11) is 0. The molecule has 0 amide bonds. The van der Waals surface area contributed by atoms with Gasteiger partial charge in [0, 0.05) is 0 Å². The molecule has 9 rings (SSSR count). The summed E-state index contributed by atoms with van der Waals surface area (Å²) in [5, 5.41) is 214. The Hall–Kier alpha value is -2.03. The first-order chi connectivity index (χ1) is 42.3. The van der Waals surface area contributed by atoms with Crippen molar-refractivity contribution in [3.8, 4) is 0 Å². The quantitative estimate of drug-likeness (QED) is 0.0422. The lowest BCUT2D eigenvalue weighted by Crippen LogP contribution is -2.67. The lowest BCUT2D eigenvalue weighted by atomic mass is 9.47. The Morgan fingerprint density at radius 1 is 0.427 bits per heavy atom. The summed E-state index contributed by atoms with van der Waals surface area (Å²) in [6.07, 6.45) is -52.4. The number of aliphatic hydroxyl groups excluding tert-OH is 20. The first-order valence-electron chi connectivity index (χ1n) is 30.5. The van der Waals surface area contributed by atoms with Crippen LogP contribution in [-0.2, 0) is 61.6 Å². The van der Waals surface area contributed by atoms with E-state index in [0.717, 1.165) is 0 Å². The molecule has 0 spiro atoms. The van der Waals surface area contributed by atoms with Gasteiger partial charge in [0.25, 0.3) is 0 Å². The van der Waals surface area contributed by atoms with Gasteiger partial charge in [-0.1, -0.05) is 19.9 Å². The standard InChI is InChI=1S/C56H92O33/c1-4-56-11-9-21-20(6-5-10-55(21,3)54(77)89-53-47(88-51-43(76)39(72)33(66)27(16-60)82-51)45(35(68)29(18-62)84-53)86-49-41(74)37(70)31(64)25(14-58)80-49)22(56)7-8-23(19(2)12-56)78-52-46(87-50-42(75)38(71)32(65)26(15-59)81-50)44(34(67)28(17-61)83-52)85-48-40(73)36(69)30(63)24(13-57)79-48/h20-53,57-76H,2,4-18H2,1,3H3/t20?,21?,22-,23?,24?,25?,26?,27?,28?,29?,30?,31?,32?,33?,34?,35?,36?,37?,38?,39?,40?,41?,42?,43?,44?,45?,46?,47?,48?,49?,50?,51?,52?,53?,55+,56+/m0/s1. The van der Waals surface area contributed by atoms with Crippen LogP contribution < -0.4 is 0 Å². The zero-order chi connectivity index (χ0) is 64.9. The van der Waals surface area contributed by atoms with Crippen LogP contribution in [0.15, 0.2) is 12.2 Å². The molecule has 89 heavy (non-hydrogen) atoms. The summed E-state index contributed by atoms with van der Waals surface area (Å²) in [4.78, 5) is 15.3. The fourth-order valence-electron chi connectivity index (χ4n) is 15.1. The summed E-state index contributed by atoms with van der Waals surface area (Å²) in [5.74, 6) is -1.59. The van der Waals surface area contributed by atoms with Crippen LogP contribution in [0.4, 0.5) is 0 Å². The highest BCUT2D eigenvalue weighted by Crippen LogP contribution is 2.63. The number of hydrogen-bond donors (Lipinski definition) is 20. The molecule has 33 nitrogen and oxygen atoms in total. The zero-order valence-electron chi connectivity index (χ0n) is 49.2. The van der Waals surface area contributed by atoms with Gasteiger partial charge < -0.3 is 159 Å². The van der Waals surface area contributed by atoms with Crippen molar-refractivity contribution in [2.24, 2.45) is 28.6 Å². The zero-order valence-corrected chi connectivity index (χ0v) is 49.2. The van der Waals surface area contributed by atoms with E-state index < -0.39 is 253 Å². The maximum absolute atomic E-state index is 15.3. The van der Waals surface area contributed by atoms with Crippen LogP contribution in [0.25, 0.3) is 0 Å². The molecule has 0 aromatic heterocycles. The second-order valence-corrected chi connectivity index (χ2v) is 25.5. The van der Waals surface area contributed by atoms with E-state index in [1.165, 1.54) is 0 Å². The fraction of sp³-hybridized carbons (Fsp3) is 0.946. The normalized spacial score (nSPS) is 52.4. The van der Waals surface area contributed by atoms with Gasteiger partial charge in [0.1, 0.15) is 140 Å². The van der Waals surface area contributed by atoms with E-state index in [-0.39, 0.29) is 24.7 Å². The van der Waals surface area contributed by atoms with Gasteiger partial charge in [0.2, 0.25) is 6.29 Å². The van der Waals surface area contributed by atoms with Gasteiger partial charge in [-0.05, 0) is 87.0 Å². The number of esters is 1. The van der Waals surface area contributed by atoms with Crippen molar-refractivity contribution in [2.45, 2.75) is 262 Å². The third-order valence-corrected chi connectivity index (χ3v) is 20.4. The van der Waals surface area contributed by atoms with Gasteiger partial charge in [-0.15, -0.1) is 0 Å². The van der Waals surface area contributed by atoms with Gasteiger partial charge in [0.05, 0.1) is 51.2 Å². The molecule has 9 fully saturated rings. The molecule has 6 heterocycles. The Morgan fingerprint density at radius 2 is 0.787 bits per heavy atom. The van der Waals surface area contributed by atoms with E-state index in [9.17, 15) is 102 Å². The smallest absolute Gasteiger partial charge is 0.314 e. The van der Waals surface area contributed by atoms with Crippen LogP contribution in [-0.4, -0.2) is 338 Å². The number of ether oxygens (including phenoxy) is 12. The van der Waals surface area contributed by atoms with Crippen molar-refractivity contribution in [2.75, 3.05) is 39.6 Å². The summed E-state index contributed by atoms with van der Waals surface area (Å²) in [5.41, 5.74) is -1.22. The molecule has 0 radical (unpaired) electrons. The Kier molecular flexibility index (Phi) is 23.6. The predicted molar refractivity (Wildman–Crippen MR) is 286 cm³/mol. The molecule has 20 N–H and O–H groups in total. The molecule has 33 heteroatoms. The first-order valence-corrected chi connectivity index (χ1v) is 30.5. The van der Waals surface area contributed by atoms with Crippen LogP contribution in [0.1, 0.15) is 71.6 Å². The maximum Gasteiger partial charge on any atom is 0.314 e. The molecule has 0 aromatic rings. The minimum Gasteiger partial charge on any atom is -0.432 e. The molecule has 36 atom stereocenters. The van der Waals surface area contributed by atoms with E-state index in [2.05, 4.69) is 6.58 Å². The lowest BCUT2D eigenvalue weighted by Gasteiger charge is -2.57. The Morgan fingerprint density at radius 3 is 1.18 bits per heavy atom. The fourth-order valence-corrected chi connectivity index (χ4v) is 15.1.